The molecule has 0 unspecified atom stereocenters. The van der Waals surface area contributed by atoms with Crippen molar-refractivity contribution in [1.82, 2.24) is 20.0 Å². The average Bonchev–Trinajstić information content (AvgIpc) is 3.27. The number of hydrogen-bond acceptors (Lipinski definition) is 4. The van der Waals surface area contributed by atoms with Crippen LogP contribution in [0, 0.1) is 6.92 Å². The Morgan fingerprint density at radius 2 is 2.13 bits per heavy atom. The lowest BCUT2D eigenvalue weighted by Crippen LogP contribution is -2.22. The molecule has 1 amide bonds. The smallest absolute Gasteiger partial charge is 0.287 e. The molecule has 1 saturated heterocycles. The fourth-order valence-corrected chi connectivity index (χ4v) is 2.99. The van der Waals surface area contributed by atoms with Crippen LogP contribution in [0.4, 0.5) is 0 Å². The molecule has 1 aliphatic rings. The van der Waals surface area contributed by atoms with Gasteiger partial charge in [0.25, 0.3) is 5.91 Å². The fraction of sp³-hybridized carbons (Fsp3) is 0.529. The van der Waals surface area contributed by atoms with Crippen LogP contribution in [0.2, 0.25) is 0 Å². The van der Waals surface area contributed by atoms with E-state index in [1.807, 2.05) is 24.6 Å². The Morgan fingerprint density at radius 1 is 1.35 bits per heavy atom. The van der Waals surface area contributed by atoms with Crippen LogP contribution < -0.4 is 5.32 Å². The molecule has 1 aliphatic heterocycles. The van der Waals surface area contributed by atoms with Crippen molar-refractivity contribution in [2.45, 2.75) is 46.3 Å². The van der Waals surface area contributed by atoms with Gasteiger partial charge < -0.3 is 9.73 Å². The van der Waals surface area contributed by atoms with Crippen LogP contribution in [0.3, 0.4) is 0 Å². The average molecular weight is 316 g/mol. The zero-order valence-corrected chi connectivity index (χ0v) is 13.8. The number of nitrogens with one attached hydrogen (secondary N) is 1. The summed E-state index contributed by atoms with van der Waals surface area (Å²) in [5.41, 5.74) is 2.12. The van der Waals surface area contributed by atoms with Crippen molar-refractivity contribution in [1.29, 1.82) is 0 Å². The number of carbonyl (C=O) groups excluding carboxylic acids is 1. The molecule has 2 aromatic rings. The molecule has 0 aromatic carbocycles. The number of likely N-dealkylation sites (tertiary alicyclic amines) is 1. The molecule has 0 spiro atoms. The lowest BCUT2D eigenvalue weighted by molar-refractivity contribution is 0.0919. The molecule has 0 atom stereocenters. The number of amides is 1. The maximum absolute atomic E-state index is 12.2. The fourth-order valence-electron chi connectivity index (χ4n) is 2.99. The highest BCUT2D eigenvalue weighted by atomic mass is 16.4. The lowest BCUT2D eigenvalue weighted by Gasteiger charge is -2.11. The van der Waals surface area contributed by atoms with Crippen molar-refractivity contribution in [3.63, 3.8) is 0 Å². The highest BCUT2D eigenvalue weighted by Crippen LogP contribution is 2.15. The van der Waals surface area contributed by atoms with Crippen molar-refractivity contribution in [3.8, 4) is 0 Å². The molecule has 3 rings (SSSR count). The Kier molecular flexibility index (Phi) is 4.81. The second kappa shape index (κ2) is 7.00. The molecule has 3 heterocycles. The van der Waals surface area contributed by atoms with Crippen molar-refractivity contribution in [2.75, 3.05) is 13.1 Å². The first kappa shape index (κ1) is 15.8. The molecule has 1 N–H and O–H groups in total. The molecule has 6 heteroatoms. The monoisotopic (exact) mass is 316 g/mol. The van der Waals surface area contributed by atoms with Crippen LogP contribution in [0.1, 0.15) is 47.3 Å². The molecule has 124 valence electrons. The van der Waals surface area contributed by atoms with E-state index in [-0.39, 0.29) is 5.91 Å². The predicted molar refractivity (Wildman–Crippen MR) is 87.0 cm³/mol. The molecular formula is C17H24N4O2. The molecule has 2 aromatic heterocycles. The number of rotatable bonds is 6. The summed E-state index contributed by atoms with van der Waals surface area (Å²) in [4.78, 5) is 14.6. The summed E-state index contributed by atoms with van der Waals surface area (Å²) >= 11 is 0. The van der Waals surface area contributed by atoms with Gasteiger partial charge in [-0.25, -0.2) is 0 Å². The third-order valence-electron chi connectivity index (χ3n) is 4.41. The Balaban J connectivity index is 1.55. The van der Waals surface area contributed by atoms with Crippen LogP contribution in [-0.2, 0) is 19.6 Å². The van der Waals surface area contributed by atoms with Crippen LogP contribution in [0.15, 0.2) is 22.7 Å². The summed E-state index contributed by atoms with van der Waals surface area (Å²) in [6, 6.07) is 3.65. The van der Waals surface area contributed by atoms with Gasteiger partial charge >= 0.3 is 0 Å². The summed E-state index contributed by atoms with van der Waals surface area (Å²) in [6.45, 7) is 8.37. The van der Waals surface area contributed by atoms with Crippen LogP contribution >= 0.6 is 0 Å². The first-order chi connectivity index (χ1) is 11.2. The lowest BCUT2D eigenvalue weighted by atomic mass is 10.2. The molecular weight excluding hydrogens is 292 g/mol. The molecule has 23 heavy (non-hydrogen) atoms. The molecule has 6 nitrogen and oxygen atoms in total. The van der Waals surface area contributed by atoms with Crippen molar-refractivity contribution < 1.29 is 9.21 Å². The number of hydrogen-bond donors (Lipinski definition) is 1. The maximum atomic E-state index is 12.2. The van der Waals surface area contributed by atoms with E-state index in [0.29, 0.717) is 12.3 Å². The molecule has 0 saturated carbocycles. The summed E-state index contributed by atoms with van der Waals surface area (Å²) in [6.07, 6.45) is 4.30. The number of furan rings is 1. The van der Waals surface area contributed by atoms with Crippen LogP contribution in [0.5, 0.6) is 0 Å². The van der Waals surface area contributed by atoms with Gasteiger partial charge in [-0.05, 0) is 51.9 Å². The summed E-state index contributed by atoms with van der Waals surface area (Å²) in [7, 11) is 0. The third-order valence-corrected chi connectivity index (χ3v) is 4.41. The summed E-state index contributed by atoms with van der Waals surface area (Å²) in [5.74, 6) is 1.05. The van der Waals surface area contributed by atoms with Crippen molar-refractivity contribution in [2.24, 2.45) is 0 Å². The van der Waals surface area contributed by atoms with Gasteiger partial charge in [-0.1, -0.05) is 0 Å². The van der Waals surface area contributed by atoms with Crippen molar-refractivity contribution >= 4 is 5.91 Å². The zero-order chi connectivity index (χ0) is 16.2. The SMILES string of the molecule is CCn1ncc(CNC(=O)c2ccc(CN3CCCC3)o2)c1C. The highest BCUT2D eigenvalue weighted by molar-refractivity contribution is 5.91. The van der Waals surface area contributed by atoms with Gasteiger partial charge in [0.15, 0.2) is 5.76 Å². The number of aryl methyl sites for hydroxylation is 1. The Labute approximate surface area is 136 Å². The minimum atomic E-state index is -0.179. The van der Waals surface area contributed by atoms with E-state index < -0.39 is 0 Å². The normalized spacial score (nSPS) is 15.2. The van der Waals surface area contributed by atoms with Gasteiger partial charge in [-0.3, -0.25) is 14.4 Å². The number of carbonyl (C=O) groups is 1. The molecule has 0 radical (unpaired) electrons. The number of nitrogens with zero attached hydrogens (tertiary/aromatic N) is 3. The van der Waals surface area contributed by atoms with E-state index in [0.717, 1.165) is 43.2 Å². The molecule has 0 aliphatic carbocycles. The highest BCUT2D eigenvalue weighted by Gasteiger charge is 2.16. The Morgan fingerprint density at radius 3 is 2.83 bits per heavy atom. The van der Waals surface area contributed by atoms with Gasteiger partial charge in [0, 0.05) is 24.3 Å². The Hall–Kier alpha value is -2.08. The van der Waals surface area contributed by atoms with Crippen molar-refractivity contribution in [3.05, 3.63) is 41.1 Å². The minimum Gasteiger partial charge on any atom is -0.455 e. The topological polar surface area (TPSA) is 63.3 Å². The van der Waals surface area contributed by atoms with E-state index in [4.69, 9.17) is 4.42 Å². The van der Waals surface area contributed by atoms with E-state index >= 15 is 0 Å². The molecule has 1 fully saturated rings. The van der Waals surface area contributed by atoms with E-state index in [9.17, 15) is 4.79 Å². The second-order valence-corrected chi connectivity index (χ2v) is 6.00. The molecule has 0 bridgehead atoms. The van der Waals surface area contributed by atoms with Gasteiger partial charge in [0.2, 0.25) is 0 Å². The largest absolute Gasteiger partial charge is 0.455 e. The second-order valence-electron chi connectivity index (χ2n) is 6.00. The van der Waals surface area contributed by atoms with Gasteiger partial charge in [0.1, 0.15) is 5.76 Å². The maximum Gasteiger partial charge on any atom is 0.287 e. The standard InChI is InChI=1S/C17H24N4O2/c1-3-21-13(2)14(11-19-21)10-18-17(22)16-7-6-15(23-16)12-20-8-4-5-9-20/h6-7,11H,3-5,8-10,12H2,1-2H3,(H,18,22). The Bertz CT molecular complexity index is 668. The summed E-state index contributed by atoms with van der Waals surface area (Å²) < 4.78 is 7.60. The van der Waals surface area contributed by atoms with Gasteiger partial charge in [-0.2, -0.15) is 5.10 Å². The van der Waals surface area contributed by atoms with Gasteiger partial charge in [0.05, 0.1) is 12.7 Å². The van der Waals surface area contributed by atoms with E-state index in [2.05, 4.69) is 15.3 Å². The summed E-state index contributed by atoms with van der Waals surface area (Å²) in [5, 5.41) is 7.18. The quantitative estimate of drug-likeness (QED) is 0.888. The minimum absolute atomic E-state index is 0.179. The van der Waals surface area contributed by atoms with Gasteiger partial charge in [-0.15, -0.1) is 0 Å². The third kappa shape index (κ3) is 3.64. The first-order valence-corrected chi connectivity index (χ1v) is 8.28. The van der Waals surface area contributed by atoms with E-state index in [1.165, 1.54) is 12.8 Å². The zero-order valence-electron chi connectivity index (χ0n) is 13.8. The predicted octanol–water partition coefficient (Wildman–Crippen LogP) is 2.33. The van der Waals surface area contributed by atoms with Crippen LogP contribution in [0.25, 0.3) is 0 Å². The van der Waals surface area contributed by atoms with E-state index in [1.54, 1.807) is 12.3 Å². The number of aromatic nitrogens is 2. The van der Waals surface area contributed by atoms with Crippen LogP contribution in [-0.4, -0.2) is 33.7 Å². The first-order valence-electron chi connectivity index (χ1n) is 8.28.